The van der Waals surface area contributed by atoms with E-state index in [0.29, 0.717) is 17.6 Å². The van der Waals surface area contributed by atoms with Gasteiger partial charge in [-0.2, -0.15) is 0 Å². The minimum Gasteiger partial charge on any atom is -0.338 e. The van der Waals surface area contributed by atoms with Gasteiger partial charge in [-0.3, -0.25) is 4.79 Å². The molecule has 0 spiro atoms. The number of carbonyl (C=O) groups is 1. The first kappa shape index (κ1) is 16.2. The van der Waals surface area contributed by atoms with Crippen LogP contribution < -0.4 is 4.90 Å². The van der Waals surface area contributed by atoms with Crippen molar-refractivity contribution >= 4 is 11.9 Å². The van der Waals surface area contributed by atoms with Crippen molar-refractivity contribution in [3.05, 3.63) is 17.5 Å². The molecule has 3 rings (SSSR count). The summed E-state index contributed by atoms with van der Waals surface area (Å²) in [5.74, 6) is 1.33. The van der Waals surface area contributed by atoms with Crippen molar-refractivity contribution in [3.8, 4) is 0 Å². The number of carbonyl (C=O) groups excluding carboxylic acids is 1. The molecule has 1 aromatic rings. The summed E-state index contributed by atoms with van der Waals surface area (Å²) in [6, 6.07) is 1.82. The first-order valence-corrected chi connectivity index (χ1v) is 8.61. The van der Waals surface area contributed by atoms with E-state index in [2.05, 4.69) is 33.7 Å². The lowest BCUT2D eigenvalue weighted by molar-refractivity contribution is 0.0677. The number of anilines is 1. The van der Waals surface area contributed by atoms with Crippen molar-refractivity contribution in [2.24, 2.45) is 5.92 Å². The lowest BCUT2D eigenvalue weighted by atomic mass is 10.00. The van der Waals surface area contributed by atoms with Crippen molar-refractivity contribution in [1.82, 2.24) is 19.8 Å². The average molecular weight is 317 g/mol. The Labute approximate surface area is 138 Å². The number of hydrogen-bond acceptors (Lipinski definition) is 5. The van der Waals surface area contributed by atoms with Gasteiger partial charge in [-0.1, -0.05) is 6.92 Å². The number of hydrogen-bond donors (Lipinski definition) is 0. The third kappa shape index (κ3) is 3.80. The van der Waals surface area contributed by atoms with Gasteiger partial charge >= 0.3 is 0 Å². The van der Waals surface area contributed by atoms with Crippen LogP contribution in [0.5, 0.6) is 0 Å². The molecule has 0 saturated carbocycles. The third-order valence-corrected chi connectivity index (χ3v) is 4.79. The van der Waals surface area contributed by atoms with Crippen molar-refractivity contribution in [1.29, 1.82) is 0 Å². The lowest BCUT2D eigenvalue weighted by Crippen LogP contribution is -2.45. The van der Waals surface area contributed by atoms with E-state index in [1.165, 1.54) is 6.42 Å². The average Bonchev–Trinajstić information content (AvgIpc) is 2.54. The maximum absolute atomic E-state index is 12.8. The maximum Gasteiger partial charge on any atom is 0.272 e. The second-order valence-electron chi connectivity index (χ2n) is 6.98. The third-order valence-electron chi connectivity index (χ3n) is 4.79. The molecule has 1 amide bonds. The summed E-state index contributed by atoms with van der Waals surface area (Å²) in [5.41, 5.74) is 1.41. The zero-order valence-corrected chi connectivity index (χ0v) is 14.5. The molecule has 1 aromatic heterocycles. The summed E-state index contributed by atoms with van der Waals surface area (Å²) in [5, 5.41) is 0. The molecule has 2 saturated heterocycles. The van der Waals surface area contributed by atoms with Crippen molar-refractivity contribution in [2.75, 3.05) is 51.2 Å². The van der Waals surface area contributed by atoms with Gasteiger partial charge in [-0.15, -0.1) is 0 Å². The molecule has 1 atom stereocenters. The van der Waals surface area contributed by atoms with Gasteiger partial charge in [-0.05, 0) is 38.8 Å². The largest absolute Gasteiger partial charge is 0.338 e. The standard InChI is InChI=1S/C17H27N5O/c1-13-5-4-6-22(12-13)16(23)15-11-14(2)18-17(19-15)21-9-7-20(3)8-10-21/h11,13H,4-10,12H2,1-3H3. The van der Waals surface area contributed by atoms with Crippen molar-refractivity contribution in [2.45, 2.75) is 26.7 Å². The van der Waals surface area contributed by atoms with Crippen LogP contribution in [0.15, 0.2) is 6.07 Å². The van der Waals surface area contributed by atoms with Gasteiger partial charge in [0.1, 0.15) is 5.69 Å². The van der Waals surface area contributed by atoms with E-state index in [9.17, 15) is 4.79 Å². The van der Waals surface area contributed by atoms with Crippen LogP contribution >= 0.6 is 0 Å². The van der Waals surface area contributed by atoms with Gasteiger partial charge in [0.2, 0.25) is 5.95 Å². The van der Waals surface area contributed by atoms with Crippen LogP contribution in [0.2, 0.25) is 0 Å². The van der Waals surface area contributed by atoms with Crippen LogP contribution in [0.4, 0.5) is 5.95 Å². The molecule has 23 heavy (non-hydrogen) atoms. The number of rotatable bonds is 2. The smallest absolute Gasteiger partial charge is 0.272 e. The Morgan fingerprint density at radius 3 is 2.61 bits per heavy atom. The van der Waals surface area contributed by atoms with Crippen LogP contribution in [0.25, 0.3) is 0 Å². The van der Waals surface area contributed by atoms with Crippen molar-refractivity contribution in [3.63, 3.8) is 0 Å². The monoisotopic (exact) mass is 317 g/mol. The maximum atomic E-state index is 12.8. The second kappa shape index (κ2) is 6.83. The summed E-state index contributed by atoms with van der Waals surface area (Å²) >= 11 is 0. The Bertz CT molecular complexity index is 568. The fraction of sp³-hybridized carbons (Fsp3) is 0.706. The van der Waals surface area contributed by atoms with Crippen LogP contribution in [0, 0.1) is 12.8 Å². The van der Waals surface area contributed by atoms with E-state index in [4.69, 9.17) is 0 Å². The number of aryl methyl sites for hydroxylation is 1. The number of nitrogens with zero attached hydrogens (tertiary/aromatic N) is 5. The molecule has 0 radical (unpaired) electrons. The Kier molecular flexibility index (Phi) is 4.80. The highest BCUT2D eigenvalue weighted by atomic mass is 16.2. The number of likely N-dealkylation sites (tertiary alicyclic amines) is 1. The highest BCUT2D eigenvalue weighted by molar-refractivity contribution is 5.92. The van der Waals surface area contributed by atoms with Gasteiger partial charge in [0.25, 0.3) is 5.91 Å². The topological polar surface area (TPSA) is 52.6 Å². The molecular weight excluding hydrogens is 290 g/mol. The number of piperidine rings is 1. The summed E-state index contributed by atoms with van der Waals surface area (Å²) < 4.78 is 0. The predicted octanol–water partition coefficient (Wildman–Crippen LogP) is 1.41. The molecule has 2 aliphatic heterocycles. The van der Waals surface area contributed by atoms with E-state index in [1.807, 2.05) is 17.9 Å². The fourth-order valence-corrected chi connectivity index (χ4v) is 3.35. The molecule has 2 aliphatic rings. The Hall–Kier alpha value is -1.69. The van der Waals surface area contributed by atoms with Crippen LogP contribution in [-0.4, -0.2) is 72.0 Å². The molecule has 0 aromatic carbocycles. The fourth-order valence-electron chi connectivity index (χ4n) is 3.35. The van der Waals surface area contributed by atoms with E-state index < -0.39 is 0 Å². The summed E-state index contributed by atoms with van der Waals surface area (Å²) in [6.45, 7) is 9.66. The van der Waals surface area contributed by atoms with Gasteiger partial charge < -0.3 is 14.7 Å². The van der Waals surface area contributed by atoms with Crippen LogP contribution in [0.3, 0.4) is 0 Å². The zero-order chi connectivity index (χ0) is 16.4. The number of aromatic nitrogens is 2. The first-order chi connectivity index (χ1) is 11.0. The van der Waals surface area contributed by atoms with E-state index in [1.54, 1.807) is 0 Å². The first-order valence-electron chi connectivity index (χ1n) is 8.61. The second-order valence-corrected chi connectivity index (χ2v) is 6.98. The van der Waals surface area contributed by atoms with Gasteiger partial charge in [0, 0.05) is 45.0 Å². The predicted molar refractivity (Wildman–Crippen MR) is 90.8 cm³/mol. The molecular formula is C17H27N5O. The minimum absolute atomic E-state index is 0.0532. The number of piperazine rings is 1. The van der Waals surface area contributed by atoms with E-state index >= 15 is 0 Å². The quantitative estimate of drug-likeness (QED) is 0.825. The van der Waals surface area contributed by atoms with Gasteiger partial charge in [0.05, 0.1) is 0 Å². The van der Waals surface area contributed by atoms with E-state index in [0.717, 1.165) is 51.4 Å². The van der Waals surface area contributed by atoms with Crippen LogP contribution in [-0.2, 0) is 0 Å². The molecule has 6 heteroatoms. The van der Waals surface area contributed by atoms with Gasteiger partial charge in [-0.25, -0.2) is 9.97 Å². The number of amides is 1. The molecule has 126 valence electrons. The van der Waals surface area contributed by atoms with Crippen molar-refractivity contribution < 1.29 is 4.79 Å². The molecule has 0 bridgehead atoms. The summed E-state index contributed by atoms with van der Waals surface area (Å²) in [4.78, 5) is 28.4. The Morgan fingerprint density at radius 1 is 1.17 bits per heavy atom. The van der Waals surface area contributed by atoms with E-state index in [-0.39, 0.29) is 5.91 Å². The highest BCUT2D eigenvalue weighted by Gasteiger charge is 2.25. The van der Waals surface area contributed by atoms with Crippen LogP contribution in [0.1, 0.15) is 35.9 Å². The molecule has 6 nitrogen and oxygen atoms in total. The molecule has 3 heterocycles. The Balaban J connectivity index is 1.78. The molecule has 0 aliphatic carbocycles. The minimum atomic E-state index is 0.0532. The Morgan fingerprint density at radius 2 is 1.91 bits per heavy atom. The molecule has 2 fully saturated rings. The SMILES string of the molecule is Cc1cc(C(=O)N2CCCC(C)C2)nc(N2CCN(C)CC2)n1. The number of likely N-dealkylation sites (N-methyl/N-ethyl adjacent to an activating group) is 1. The normalized spacial score (nSPS) is 23.2. The summed E-state index contributed by atoms with van der Waals surface area (Å²) in [7, 11) is 2.13. The molecule has 1 unspecified atom stereocenters. The zero-order valence-electron chi connectivity index (χ0n) is 14.5. The lowest BCUT2D eigenvalue weighted by Gasteiger charge is -2.33. The highest BCUT2D eigenvalue weighted by Crippen LogP contribution is 2.19. The van der Waals surface area contributed by atoms with Gasteiger partial charge in [0.15, 0.2) is 0 Å². The summed E-state index contributed by atoms with van der Waals surface area (Å²) in [6.07, 6.45) is 2.29. The molecule has 0 N–H and O–H groups in total.